The Labute approximate surface area is 350 Å². The van der Waals surface area contributed by atoms with Crippen molar-refractivity contribution in [1.82, 2.24) is 0 Å². The maximum absolute atomic E-state index is 15.4. The summed E-state index contributed by atoms with van der Waals surface area (Å²) in [4.78, 5) is 0. The lowest BCUT2D eigenvalue weighted by molar-refractivity contribution is -0.441. The van der Waals surface area contributed by atoms with Gasteiger partial charge in [0.25, 0.3) is 0 Å². The van der Waals surface area contributed by atoms with Crippen molar-refractivity contribution < 1.29 is 121 Å². The van der Waals surface area contributed by atoms with E-state index in [4.69, 9.17) is 0 Å². The molecule has 360 valence electrons. The Kier molecular flexibility index (Phi) is 13.9. The molecule has 4 rings (SSSR count). The van der Waals surface area contributed by atoms with Gasteiger partial charge in [0.05, 0.1) is 0 Å². The number of rotatable bonds is 12. The fraction of sp³-hybridized carbons (Fsp3) is 0.333. The third-order valence-corrected chi connectivity index (χ3v) is 11.8. The van der Waals surface area contributed by atoms with Crippen LogP contribution in [-0.4, -0.2) is 63.8 Å². The molecule has 0 aliphatic carbocycles. The van der Waals surface area contributed by atoms with E-state index in [0.717, 1.165) is 0 Å². The summed E-state index contributed by atoms with van der Waals surface area (Å²) >= 11 is -11.2. The van der Waals surface area contributed by atoms with Crippen LogP contribution >= 0.6 is 0 Å². The molecule has 0 radical (unpaired) electrons. The first-order chi connectivity index (χ1) is 29.2. The summed E-state index contributed by atoms with van der Waals surface area (Å²) in [7, 11) is 0. The Morgan fingerprint density at radius 2 is 0.338 bits per heavy atom. The Balaban J connectivity index is 2.58. The molecule has 65 heavy (non-hydrogen) atoms. The Morgan fingerprint density at radius 1 is 0.215 bits per heavy atom. The molecule has 29 heteroatoms. The largest absolute Gasteiger partial charge is 0.879 e. The van der Waals surface area contributed by atoms with Gasteiger partial charge in [0.2, 0.25) is 22.4 Å². The van der Waals surface area contributed by atoms with E-state index in [1.807, 2.05) is 0 Å². The van der Waals surface area contributed by atoms with Gasteiger partial charge >= 0.3 is 63.8 Å². The minimum atomic E-state index is -11.2. The number of halogens is 24. The first kappa shape index (κ1) is 53.2. The van der Waals surface area contributed by atoms with Gasteiger partial charge < -0.3 is 15.2 Å². The van der Waals surface area contributed by atoms with Gasteiger partial charge in [0, 0.05) is 0 Å². The number of hydrogen-bond donors (Lipinski definition) is 0. The SMILES string of the molecule is FC(F)(F)C([O][Al-]([O]C(c1ccccc1)(C(F)(F)F)C(F)(F)F)([O]C(c1ccccc1)(C(F)(F)F)C(F)(F)F)[O]C(c1ccccc1)(C(F)(F)F)C(F)(F)F)(c1ccccc1)C(F)(F)F. The second-order valence-electron chi connectivity index (χ2n) is 13.2. The smallest absolute Gasteiger partial charge is 0.565 e. The molecule has 0 aromatic heterocycles. The quantitative estimate of drug-likeness (QED) is 0.105. The number of alkyl halides is 24. The number of benzene rings is 4. The maximum Gasteiger partial charge on any atom is 0.879 e. The highest BCUT2D eigenvalue weighted by atomic mass is 27.3. The van der Waals surface area contributed by atoms with Crippen molar-refractivity contribution in [2.45, 2.75) is 71.8 Å². The van der Waals surface area contributed by atoms with Gasteiger partial charge in [-0.05, 0) is 22.3 Å². The molecule has 0 fully saturated rings. The van der Waals surface area contributed by atoms with Gasteiger partial charge in [0.1, 0.15) is 0 Å². The molecule has 0 atom stereocenters. The lowest BCUT2D eigenvalue weighted by Gasteiger charge is -2.58. The highest BCUT2D eigenvalue weighted by Gasteiger charge is 2.86. The van der Waals surface area contributed by atoms with Crippen LogP contribution in [0.4, 0.5) is 105 Å². The summed E-state index contributed by atoms with van der Waals surface area (Å²) in [6, 6.07) is -2.05. The Morgan fingerprint density at radius 3 is 0.446 bits per heavy atom. The van der Waals surface area contributed by atoms with Crippen LogP contribution in [-0.2, 0) is 37.6 Å². The normalized spacial score (nSPS) is 15.0. The van der Waals surface area contributed by atoms with Crippen molar-refractivity contribution >= 4 is 14.4 Å². The fourth-order valence-electron chi connectivity index (χ4n) is 6.46. The van der Waals surface area contributed by atoms with E-state index < -0.39 is 157 Å². The van der Waals surface area contributed by atoms with E-state index in [9.17, 15) is 0 Å². The zero-order valence-corrected chi connectivity index (χ0v) is 32.0. The van der Waals surface area contributed by atoms with Crippen molar-refractivity contribution in [3.63, 3.8) is 0 Å². The fourth-order valence-corrected chi connectivity index (χ4v) is 10.1. The Hall–Kier alpha value is -4.43. The summed E-state index contributed by atoms with van der Waals surface area (Å²) in [5, 5.41) is 0. The van der Waals surface area contributed by atoms with E-state index in [-0.39, 0.29) is 48.5 Å². The molecular weight excluding hydrogens is 979 g/mol. The summed E-state index contributed by atoms with van der Waals surface area (Å²) in [5.74, 6) is 0. The first-order valence-corrected chi connectivity index (χ1v) is 18.8. The Bertz CT molecular complexity index is 1810. The molecule has 4 nitrogen and oxygen atoms in total. The molecular formula is C36H20AlF24O4-. The van der Waals surface area contributed by atoms with Crippen molar-refractivity contribution in [3.8, 4) is 0 Å². The minimum absolute atomic E-state index is 0.0545. The van der Waals surface area contributed by atoms with Gasteiger partial charge in [-0.3, -0.25) is 0 Å². The standard InChI is InChI=1S/4C9H5F6O.Al/c4*10-8(11,12)7(16,9(13,14)15)6-4-2-1-3-5-6;/h4*1-5H;/q4*-1;+3. The van der Waals surface area contributed by atoms with Crippen LogP contribution in [0.1, 0.15) is 22.3 Å². The molecule has 0 bridgehead atoms. The van der Waals surface area contributed by atoms with Crippen LogP contribution in [0.25, 0.3) is 0 Å². The maximum atomic E-state index is 15.4. The highest BCUT2D eigenvalue weighted by molar-refractivity contribution is 6.54. The van der Waals surface area contributed by atoms with Crippen molar-refractivity contribution in [2.24, 2.45) is 0 Å². The molecule has 0 amide bonds. The second-order valence-corrected chi connectivity index (χ2v) is 15.3. The van der Waals surface area contributed by atoms with Crippen molar-refractivity contribution in [3.05, 3.63) is 144 Å². The number of hydrogen-bond acceptors (Lipinski definition) is 4. The lowest BCUT2D eigenvalue weighted by atomic mass is 9.92. The van der Waals surface area contributed by atoms with E-state index in [1.54, 1.807) is 0 Å². The molecule has 0 heterocycles. The van der Waals surface area contributed by atoms with Gasteiger partial charge in [-0.15, -0.1) is 0 Å². The third-order valence-electron chi connectivity index (χ3n) is 9.20. The monoisotopic (exact) mass is 999 g/mol. The average molecular weight is 999 g/mol. The van der Waals surface area contributed by atoms with E-state index in [1.165, 1.54) is 0 Å². The van der Waals surface area contributed by atoms with Gasteiger partial charge in [0.15, 0.2) is 0 Å². The second kappa shape index (κ2) is 17.0. The van der Waals surface area contributed by atoms with Crippen molar-refractivity contribution in [2.75, 3.05) is 0 Å². The van der Waals surface area contributed by atoms with E-state index in [2.05, 4.69) is 15.2 Å². The van der Waals surface area contributed by atoms with Crippen LogP contribution < -0.4 is 0 Å². The van der Waals surface area contributed by atoms with E-state index >= 15 is 105 Å². The predicted octanol–water partition coefficient (Wildman–Crippen LogP) is 13.6. The minimum Gasteiger partial charge on any atom is -0.565 e. The molecule has 4 aromatic carbocycles. The molecule has 0 saturated carbocycles. The van der Waals surface area contributed by atoms with Crippen LogP contribution in [0.2, 0.25) is 0 Å². The zero-order chi connectivity index (χ0) is 49.8. The topological polar surface area (TPSA) is 36.9 Å². The highest BCUT2D eigenvalue weighted by Crippen LogP contribution is 2.64. The summed E-state index contributed by atoms with van der Waals surface area (Å²) in [6.45, 7) is 0. The average Bonchev–Trinajstić information content (AvgIpc) is 3.14. The molecule has 0 aliphatic heterocycles. The van der Waals surface area contributed by atoms with Crippen LogP contribution in [0, 0.1) is 0 Å². The van der Waals surface area contributed by atoms with Gasteiger partial charge in [-0.25, -0.2) is 0 Å². The molecule has 4 aromatic rings. The third kappa shape index (κ3) is 9.07. The molecule has 0 unspecified atom stereocenters. The van der Waals surface area contributed by atoms with Gasteiger partial charge in [-0.2, -0.15) is 105 Å². The van der Waals surface area contributed by atoms with Crippen LogP contribution in [0.15, 0.2) is 121 Å². The first-order valence-electron chi connectivity index (χ1n) is 16.9. The summed E-state index contributed by atoms with van der Waals surface area (Å²) in [6.07, 6.45) is -62.8. The van der Waals surface area contributed by atoms with Crippen LogP contribution in [0.5, 0.6) is 0 Å². The predicted molar refractivity (Wildman–Crippen MR) is 171 cm³/mol. The summed E-state index contributed by atoms with van der Waals surface area (Å²) in [5.41, 5.74) is -40.6. The van der Waals surface area contributed by atoms with Gasteiger partial charge in [-0.1, -0.05) is 121 Å². The van der Waals surface area contributed by atoms with Crippen molar-refractivity contribution in [1.29, 1.82) is 0 Å². The lowest BCUT2D eigenvalue weighted by Crippen LogP contribution is -2.75. The van der Waals surface area contributed by atoms with E-state index in [0.29, 0.717) is 24.3 Å². The summed E-state index contributed by atoms with van der Waals surface area (Å²) < 4.78 is 385. The van der Waals surface area contributed by atoms with Crippen LogP contribution in [0.3, 0.4) is 0 Å². The molecule has 0 aliphatic rings. The molecule has 0 spiro atoms. The zero-order valence-electron chi connectivity index (χ0n) is 30.8. The molecule has 0 saturated heterocycles. The molecule has 0 N–H and O–H groups in total.